The fourth-order valence-corrected chi connectivity index (χ4v) is 2.73. The number of nitrogens with zero attached hydrogens (tertiary/aromatic N) is 1. The van der Waals surface area contributed by atoms with Crippen LogP contribution < -0.4 is 5.32 Å². The van der Waals surface area contributed by atoms with Crippen LogP contribution in [-0.4, -0.2) is 35.1 Å². The summed E-state index contributed by atoms with van der Waals surface area (Å²) in [5.41, 5.74) is -0.829. The first-order chi connectivity index (χ1) is 11.5. The summed E-state index contributed by atoms with van der Waals surface area (Å²) in [7, 11) is 0. The lowest BCUT2D eigenvalue weighted by atomic mass is 10.0. The van der Waals surface area contributed by atoms with Gasteiger partial charge < -0.3 is 15.0 Å². The minimum Gasteiger partial charge on any atom is -0.444 e. The molecule has 0 bridgehead atoms. The maximum Gasteiger partial charge on any atom is 0.410 e. The van der Waals surface area contributed by atoms with E-state index in [1.807, 2.05) is 0 Å². The molecule has 2 rings (SSSR count). The molecule has 0 saturated carbocycles. The molecule has 0 aliphatic carbocycles. The number of carbonyl (C=O) groups excluding carboxylic acids is 2. The van der Waals surface area contributed by atoms with Gasteiger partial charge >= 0.3 is 6.09 Å². The molecule has 1 N–H and O–H groups in total. The SMILES string of the molecule is C[C@H]1[C@@H](C(=O)Nc2cc(F)c(F)c(F)c2)CCN1C(=O)OC(C)(C)C.S.S. The Morgan fingerprint density at radius 1 is 1.15 bits per heavy atom. The molecule has 10 heteroatoms. The third-order valence-corrected chi connectivity index (χ3v) is 3.97. The van der Waals surface area contributed by atoms with E-state index in [9.17, 15) is 22.8 Å². The molecule has 1 heterocycles. The van der Waals surface area contributed by atoms with Crippen LogP contribution in [-0.2, 0) is 9.53 Å². The van der Waals surface area contributed by atoms with Crippen molar-refractivity contribution in [1.29, 1.82) is 0 Å². The van der Waals surface area contributed by atoms with Crippen LogP contribution in [0.3, 0.4) is 0 Å². The van der Waals surface area contributed by atoms with E-state index in [2.05, 4.69) is 5.32 Å². The van der Waals surface area contributed by atoms with Crippen molar-refractivity contribution in [1.82, 2.24) is 4.90 Å². The summed E-state index contributed by atoms with van der Waals surface area (Å²) in [5.74, 6) is -5.42. The van der Waals surface area contributed by atoms with E-state index >= 15 is 0 Å². The second kappa shape index (κ2) is 9.59. The van der Waals surface area contributed by atoms with Crippen molar-refractivity contribution in [3.05, 3.63) is 29.6 Å². The molecule has 154 valence electrons. The van der Waals surface area contributed by atoms with Gasteiger partial charge in [-0.2, -0.15) is 27.0 Å². The van der Waals surface area contributed by atoms with E-state index in [0.29, 0.717) is 25.1 Å². The van der Waals surface area contributed by atoms with Gasteiger partial charge in [0.05, 0.1) is 5.92 Å². The van der Waals surface area contributed by atoms with E-state index in [0.717, 1.165) is 0 Å². The summed E-state index contributed by atoms with van der Waals surface area (Å²) in [4.78, 5) is 26.0. The largest absolute Gasteiger partial charge is 0.444 e. The van der Waals surface area contributed by atoms with Crippen molar-refractivity contribution >= 4 is 44.7 Å². The predicted octanol–water partition coefficient (Wildman–Crippen LogP) is 3.91. The van der Waals surface area contributed by atoms with Crippen molar-refractivity contribution in [2.24, 2.45) is 5.92 Å². The van der Waals surface area contributed by atoms with Gasteiger partial charge in [-0.05, 0) is 34.1 Å². The first-order valence-electron chi connectivity index (χ1n) is 7.94. The zero-order chi connectivity index (χ0) is 18.9. The number of likely N-dealkylation sites (tertiary alicyclic amines) is 1. The summed E-state index contributed by atoms with van der Waals surface area (Å²) in [6.07, 6.45) is -0.132. The number of rotatable bonds is 2. The molecular weight excluding hydrogens is 401 g/mol. The average Bonchev–Trinajstić information content (AvgIpc) is 2.84. The molecule has 0 aromatic heterocycles. The molecule has 1 aromatic rings. The molecular formula is C17H25F3N2O3S2. The van der Waals surface area contributed by atoms with Gasteiger partial charge in [0.1, 0.15) is 5.60 Å². The minimum absolute atomic E-state index is 0. The van der Waals surface area contributed by atoms with Crippen molar-refractivity contribution in [2.75, 3.05) is 11.9 Å². The van der Waals surface area contributed by atoms with Gasteiger partial charge in [-0.3, -0.25) is 4.79 Å². The van der Waals surface area contributed by atoms with Gasteiger partial charge in [-0.15, -0.1) is 0 Å². The third-order valence-electron chi connectivity index (χ3n) is 3.97. The number of halogens is 3. The summed E-state index contributed by atoms with van der Waals surface area (Å²) in [6, 6.07) is 0.980. The second-order valence-corrected chi connectivity index (χ2v) is 7.05. The third kappa shape index (κ3) is 6.24. The van der Waals surface area contributed by atoms with Gasteiger partial charge in [0.25, 0.3) is 0 Å². The standard InChI is InChI=1S/C17H21F3N2O3.2H2S/c1-9-11(5-6-22(9)16(24)25-17(2,3)4)15(23)21-10-7-12(18)14(20)13(19)8-10;;/h7-9,11H,5-6H2,1-4H3,(H,21,23);2*1H2/t9-,11-;;/m0../s1. The molecule has 1 aliphatic rings. The van der Waals surface area contributed by atoms with Crippen LogP contribution in [0, 0.1) is 23.4 Å². The van der Waals surface area contributed by atoms with Gasteiger partial charge in [0.15, 0.2) is 17.5 Å². The first kappa shape index (κ1) is 25.4. The Kier molecular flexibility index (Phi) is 9.04. The Balaban J connectivity index is 0.00000338. The fraction of sp³-hybridized carbons (Fsp3) is 0.529. The summed E-state index contributed by atoms with van der Waals surface area (Å²) < 4.78 is 44.7. The lowest BCUT2D eigenvalue weighted by Gasteiger charge is -2.28. The van der Waals surface area contributed by atoms with E-state index in [1.54, 1.807) is 27.7 Å². The van der Waals surface area contributed by atoms with Crippen LogP contribution in [0.2, 0.25) is 0 Å². The van der Waals surface area contributed by atoms with Crippen LogP contribution >= 0.6 is 27.0 Å². The molecule has 5 nitrogen and oxygen atoms in total. The zero-order valence-electron chi connectivity index (χ0n) is 15.5. The second-order valence-electron chi connectivity index (χ2n) is 7.05. The van der Waals surface area contributed by atoms with Crippen molar-refractivity contribution in [3.63, 3.8) is 0 Å². The van der Waals surface area contributed by atoms with E-state index < -0.39 is 47.0 Å². The molecule has 0 radical (unpaired) electrons. The topological polar surface area (TPSA) is 58.6 Å². The highest BCUT2D eigenvalue weighted by atomic mass is 32.1. The zero-order valence-corrected chi connectivity index (χ0v) is 17.5. The van der Waals surface area contributed by atoms with Crippen molar-refractivity contribution in [3.8, 4) is 0 Å². The average molecular weight is 427 g/mol. The quantitative estimate of drug-likeness (QED) is 0.730. The van der Waals surface area contributed by atoms with Gasteiger partial charge in [-0.25, -0.2) is 18.0 Å². The lowest BCUT2D eigenvalue weighted by Crippen LogP contribution is -2.41. The molecule has 0 spiro atoms. The van der Waals surface area contributed by atoms with Crippen LogP contribution in [0.4, 0.5) is 23.7 Å². The number of ether oxygens (including phenoxy) is 1. The molecule has 2 amide bonds. The number of carbonyl (C=O) groups is 2. The highest BCUT2D eigenvalue weighted by Gasteiger charge is 2.40. The monoisotopic (exact) mass is 426 g/mol. The Morgan fingerprint density at radius 2 is 1.67 bits per heavy atom. The number of anilines is 1. The number of hydrogen-bond acceptors (Lipinski definition) is 3. The highest BCUT2D eigenvalue weighted by molar-refractivity contribution is 7.59. The van der Waals surface area contributed by atoms with E-state index in [4.69, 9.17) is 4.74 Å². The maximum atomic E-state index is 13.2. The number of nitrogens with one attached hydrogen (secondary N) is 1. The van der Waals surface area contributed by atoms with E-state index in [-0.39, 0.29) is 32.7 Å². The Labute approximate surface area is 170 Å². The molecule has 1 aromatic carbocycles. The van der Waals surface area contributed by atoms with Crippen LogP contribution in [0.1, 0.15) is 34.1 Å². The summed E-state index contributed by atoms with van der Waals surface area (Å²) in [6.45, 7) is 7.27. The molecule has 1 aliphatic heterocycles. The number of benzene rings is 1. The Morgan fingerprint density at radius 3 is 2.15 bits per heavy atom. The van der Waals surface area contributed by atoms with Crippen LogP contribution in [0.15, 0.2) is 12.1 Å². The van der Waals surface area contributed by atoms with Crippen LogP contribution in [0.5, 0.6) is 0 Å². The van der Waals surface area contributed by atoms with E-state index in [1.165, 1.54) is 4.90 Å². The van der Waals surface area contributed by atoms with Crippen molar-refractivity contribution in [2.45, 2.75) is 45.8 Å². The summed E-state index contributed by atoms with van der Waals surface area (Å²) >= 11 is 0. The maximum absolute atomic E-state index is 13.2. The highest BCUT2D eigenvalue weighted by Crippen LogP contribution is 2.28. The van der Waals surface area contributed by atoms with Gasteiger partial charge in [-0.1, -0.05) is 0 Å². The lowest BCUT2D eigenvalue weighted by molar-refractivity contribution is -0.120. The van der Waals surface area contributed by atoms with Crippen LogP contribution in [0.25, 0.3) is 0 Å². The molecule has 27 heavy (non-hydrogen) atoms. The number of hydrogen-bond donors (Lipinski definition) is 1. The first-order valence-corrected chi connectivity index (χ1v) is 7.94. The Bertz CT molecular complexity index is 675. The van der Waals surface area contributed by atoms with Gasteiger partial charge in [0.2, 0.25) is 5.91 Å². The fourth-order valence-electron chi connectivity index (χ4n) is 2.73. The summed E-state index contributed by atoms with van der Waals surface area (Å²) in [5, 5.41) is 2.37. The number of amides is 2. The predicted molar refractivity (Wildman–Crippen MR) is 106 cm³/mol. The molecule has 1 saturated heterocycles. The minimum atomic E-state index is -1.59. The molecule has 2 atom stereocenters. The Hall–Kier alpha value is -1.55. The smallest absolute Gasteiger partial charge is 0.410 e. The van der Waals surface area contributed by atoms with Gasteiger partial charge in [0, 0.05) is 30.4 Å². The molecule has 1 fully saturated rings. The normalized spacial score (nSPS) is 19.0. The van der Waals surface area contributed by atoms with Crippen molar-refractivity contribution < 1.29 is 27.5 Å². The molecule has 0 unspecified atom stereocenters.